The van der Waals surface area contributed by atoms with Crippen LogP contribution in [0.3, 0.4) is 0 Å². The van der Waals surface area contributed by atoms with E-state index in [1.54, 1.807) is 0 Å². The van der Waals surface area contributed by atoms with Crippen molar-refractivity contribution in [2.75, 3.05) is 6.54 Å². The molecule has 0 amide bonds. The number of benzene rings is 2. The van der Waals surface area contributed by atoms with Crippen molar-refractivity contribution in [3.05, 3.63) is 70.8 Å². The Bertz CT molecular complexity index is 536. The minimum absolute atomic E-state index is 0.0631. The van der Waals surface area contributed by atoms with Gasteiger partial charge in [-0.3, -0.25) is 0 Å². The van der Waals surface area contributed by atoms with Crippen LogP contribution in [0.25, 0.3) is 0 Å². The maximum Gasteiger partial charge on any atom is 0.0771 e. The lowest BCUT2D eigenvalue weighted by atomic mass is 9.84. The minimum Gasteiger partial charge on any atom is -0.391 e. The third kappa shape index (κ3) is 3.03. The molecule has 0 aromatic heterocycles. The fourth-order valence-corrected chi connectivity index (χ4v) is 2.58. The zero-order valence-electron chi connectivity index (χ0n) is 11.5. The summed E-state index contributed by atoms with van der Waals surface area (Å²) in [5.74, 6) is -0.0631. The molecule has 2 aromatic carbocycles. The number of hydrogen-bond acceptors (Lipinski definition) is 2. The molecule has 0 radical (unpaired) electrons. The summed E-state index contributed by atoms with van der Waals surface area (Å²) in [5, 5.41) is 10.3. The van der Waals surface area contributed by atoms with Crippen molar-refractivity contribution in [3.63, 3.8) is 0 Å². The summed E-state index contributed by atoms with van der Waals surface area (Å²) >= 11 is 0. The molecule has 0 saturated heterocycles. The maximum atomic E-state index is 10.3. The lowest BCUT2D eigenvalue weighted by Gasteiger charge is -2.24. The summed E-state index contributed by atoms with van der Waals surface area (Å²) in [6.45, 7) is 4.42. The second-order valence-electron chi connectivity index (χ2n) is 5.05. The standard InChI is InChI=1S/C17H21NO/c1-12-8-9-15(13(2)10-12)17(16(19)11-18)14-6-4-3-5-7-14/h3-10,16-17,19H,11,18H2,1-2H3. The number of nitrogens with two attached hydrogens (primary N) is 1. The molecule has 0 fully saturated rings. The van der Waals surface area contributed by atoms with Crippen LogP contribution in [-0.4, -0.2) is 17.8 Å². The topological polar surface area (TPSA) is 46.2 Å². The lowest BCUT2D eigenvalue weighted by Crippen LogP contribution is -2.28. The van der Waals surface area contributed by atoms with E-state index in [-0.39, 0.29) is 12.5 Å². The van der Waals surface area contributed by atoms with Crippen molar-refractivity contribution in [1.82, 2.24) is 0 Å². The van der Waals surface area contributed by atoms with Crippen LogP contribution >= 0.6 is 0 Å². The van der Waals surface area contributed by atoms with Gasteiger partial charge in [-0.05, 0) is 30.5 Å². The molecule has 0 aliphatic carbocycles. The predicted molar refractivity (Wildman–Crippen MR) is 79.3 cm³/mol. The van der Waals surface area contributed by atoms with Gasteiger partial charge in [0.2, 0.25) is 0 Å². The molecule has 0 heterocycles. The van der Waals surface area contributed by atoms with E-state index in [1.807, 2.05) is 30.3 Å². The highest BCUT2D eigenvalue weighted by atomic mass is 16.3. The molecule has 0 aliphatic rings. The summed E-state index contributed by atoms with van der Waals surface area (Å²) in [6.07, 6.45) is -0.566. The monoisotopic (exact) mass is 255 g/mol. The normalized spacial score (nSPS) is 14.1. The largest absolute Gasteiger partial charge is 0.391 e. The third-order valence-corrected chi connectivity index (χ3v) is 3.55. The van der Waals surface area contributed by atoms with Gasteiger partial charge in [0.1, 0.15) is 0 Å². The van der Waals surface area contributed by atoms with Gasteiger partial charge in [-0.25, -0.2) is 0 Å². The van der Waals surface area contributed by atoms with Crippen molar-refractivity contribution in [3.8, 4) is 0 Å². The first-order valence-electron chi connectivity index (χ1n) is 6.63. The maximum absolute atomic E-state index is 10.3. The molecule has 0 bridgehead atoms. The Morgan fingerprint density at radius 3 is 2.32 bits per heavy atom. The van der Waals surface area contributed by atoms with Crippen molar-refractivity contribution in [2.45, 2.75) is 25.9 Å². The second-order valence-corrected chi connectivity index (χ2v) is 5.05. The molecule has 100 valence electrons. The van der Waals surface area contributed by atoms with Crippen LogP contribution in [-0.2, 0) is 0 Å². The highest BCUT2D eigenvalue weighted by molar-refractivity contribution is 5.40. The summed E-state index contributed by atoms with van der Waals surface area (Å²) in [4.78, 5) is 0. The fraction of sp³-hybridized carbons (Fsp3) is 0.294. The second kappa shape index (κ2) is 6.00. The summed E-state index contributed by atoms with van der Waals surface area (Å²) < 4.78 is 0. The van der Waals surface area contributed by atoms with Crippen molar-refractivity contribution in [1.29, 1.82) is 0 Å². The van der Waals surface area contributed by atoms with E-state index < -0.39 is 6.10 Å². The first-order chi connectivity index (χ1) is 9.13. The number of hydrogen-bond donors (Lipinski definition) is 2. The first-order valence-corrected chi connectivity index (χ1v) is 6.63. The van der Waals surface area contributed by atoms with E-state index in [0.29, 0.717) is 0 Å². The van der Waals surface area contributed by atoms with Crippen LogP contribution in [0.1, 0.15) is 28.2 Å². The number of aliphatic hydroxyl groups is 1. The van der Waals surface area contributed by atoms with Crippen LogP contribution in [0.2, 0.25) is 0 Å². The Morgan fingerprint density at radius 2 is 1.74 bits per heavy atom. The van der Waals surface area contributed by atoms with E-state index in [2.05, 4.69) is 32.0 Å². The van der Waals surface area contributed by atoms with Gasteiger partial charge >= 0.3 is 0 Å². The lowest BCUT2D eigenvalue weighted by molar-refractivity contribution is 0.164. The van der Waals surface area contributed by atoms with E-state index >= 15 is 0 Å². The van der Waals surface area contributed by atoms with Crippen molar-refractivity contribution < 1.29 is 5.11 Å². The molecular weight excluding hydrogens is 234 g/mol. The summed E-state index contributed by atoms with van der Waals surface area (Å²) in [6, 6.07) is 16.4. The van der Waals surface area contributed by atoms with Gasteiger partial charge in [0, 0.05) is 12.5 Å². The molecule has 2 unspecified atom stereocenters. The fourth-order valence-electron chi connectivity index (χ4n) is 2.58. The van der Waals surface area contributed by atoms with Gasteiger partial charge in [0.25, 0.3) is 0 Å². The molecule has 2 aromatic rings. The smallest absolute Gasteiger partial charge is 0.0771 e. The number of aryl methyl sites for hydroxylation is 2. The SMILES string of the molecule is Cc1ccc(C(c2ccccc2)C(O)CN)c(C)c1. The van der Waals surface area contributed by atoms with Crippen LogP contribution in [0.5, 0.6) is 0 Å². The first kappa shape index (κ1) is 13.8. The van der Waals surface area contributed by atoms with Gasteiger partial charge in [-0.1, -0.05) is 54.1 Å². The van der Waals surface area contributed by atoms with Crippen LogP contribution in [0.4, 0.5) is 0 Å². The van der Waals surface area contributed by atoms with Gasteiger partial charge in [-0.2, -0.15) is 0 Å². The number of rotatable bonds is 4. The Morgan fingerprint density at radius 1 is 1.05 bits per heavy atom. The Labute approximate surface area is 114 Å². The highest BCUT2D eigenvalue weighted by Crippen LogP contribution is 2.30. The van der Waals surface area contributed by atoms with Gasteiger partial charge < -0.3 is 10.8 Å². The molecule has 2 nitrogen and oxygen atoms in total. The minimum atomic E-state index is -0.566. The molecule has 0 spiro atoms. The Hall–Kier alpha value is -1.64. The summed E-state index contributed by atoms with van der Waals surface area (Å²) in [7, 11) is 0. The van der Waals surface area contributed by atoms with Crippen molar-refractivity contribution >= 4 is 0 Å². The van der Waals surface area contributed by atoms with Gasteiger partial charge in [-0.15, -0.1) is 0 Å². The molecule has 2 rings (SSSR count). The van der Waals surface area contributed by atoms with Gasteiger partial charge in [0.05, 0.1) is 6.10 Å². The molecule has 19 heavy (non-hydrogen) atoms. The molecule has 2 heteroatoms. The average molecular weight is 255 g/mol. The van der Waals surface area contributed by atoms with E-state index in [1.165, 1.54) is 11.1 Å². The molecule has 2 atom stereocenters. The van der Waals surface area contributed by atoms with E-state index in [9.17, 15) is 5.11 Å². The Kier molecular flexibility index (Phi) is 4.35. The third-order valence-electron chi connectivity index (χ3n) is 3.55. The Balaban J connectivity index is 2.49. The van der Waals surface area contributed by atoms with Crippen LogP contribution in [0.15, 0.2) is 48.5 Å². The molecule has 0 saturated carbocycles. The summed E-state index contributed by atoms with van der Waals surface area (Å²) in [5.41, 5.74) is 10.4. The van der Waals surface area contributed by atoms with Crippen LogP contribution in [0, 0.1) is 13.8 Å². The van der Waals surface area contributed by atoms with Gasteiger partial charge in [0.15, 0.2) is 0 Å². The zero-order chi connectivity index (χ0) is 13.8. The highest BCUT2D eigenvalue weighted by Gasteiger charge is 2.23. The predicted octanol–water partition coefficient (Wildman–Crippen LogP) is 2.75. The zero-order valence-corrected chi connectivity index (χ0v) is 11.5. The molecule has 0 aliphatic heterocycles. The average Bonchev–Trinajstić information content (AvgIpc) is 2.42. The van der Waals surface area contributed by atoms with E-state index in [0.717, 1.165) is 11.1 Å². The quantitative estimate of drug-likeness (QED) is 0.882. The molecule has 3 N–H and O–H groups in total. The van der Waals surface area contributed by atoms with Crippen LogP contribution < -0.4 is 5.73 Å². The molecular formula is C17H21NO. The van der Waals surface area contributed by atoms with Crippen molar-refractivity contribution in [2.24, 2.45) is 5.73 Å². The van der Waals surface area contributed by atoms with E-state index in [4.69, 9.17) is 5.73 Å². The number of aliphatic hydroxyl groups excluding tert-OH is 1.